The Kier molecular flexibility index (Phi) is 6.28. The van der Waals surface area contributed by atoms with Crippen LogP contribution in [-0.4, -0.2) is 81.0 Å². The number of likely N-dealkylation sites (tertiary alicyclic amines) is 2. The van der Waals surface area contributed by atoms with E-state index in [9.17, 15) is 13.2 Å². The molecule has 0 amide bonds. The van der Waals surface area contributed by atoms with Gasteiger partial charge in [-0.1, -0.05) is 0 Å². The molecule has 2 aliphatic rings. The highest BCUT2D eigenvalue weighted by atomic mass is 19.4. The highest BCUT2D eigenvalue weighted by Gasteiger charge is 2.35. The zero-order chi connectivity index (χ0) is 15.3. The zero-order valence-electron chi connectivity index (χ0n) is 12.7. The number of nitrogens with zero attached hydrogens (tertiary/aromatic N) is 2. The Morgan fingerprint density at radius 1 is 1.10 bits per heavy atom. The van der Waals surface area contributed by atoms with E-state index in [1.165, 1.54) is 4.90 Å². The maximum absolute atomic E-state index is 12.4. The summed E-state index contributed by atoms with van der Waals surface area (Å²) in [5.41, 5.74) is 0. The summed E-state index contributed by atoms with van der Waals surface area (Å²) < 4.78 is 42.2. The third-order valence-corrected chi connectivity index (χ3v) is 4.26. The topological polar surface area (TPSA) is 27.7 Å². The third-order valence-electron chi connectivity index (χ3n) is 4.26. The third kappa shape index (κ3) is 6.10. The molecule has 2 atom stereocenters. The maximum Gasteiger partial charge on any atom is 0.401 e. The highest BCUT2D eigenvalue weighted by molar-refractivity contribution is 4.87. The summed E-state index contributed by atoms with van der Waals surface area (Å²) in [5.74, 6) is 0. The molecule has 0 aromatic carbocycles. The van der Waals surface area contributed by atoms with Crippen LogP contribution in [0.4, 0.5) is 13.2 Å². The zero-order valence-corrected chi connectivity index (χ0v) is 12.7. The molecular formula is C14H26F3N3O. The van der Waals surface area contributed by atoms with E-state index < -0.39 is 12.7 Å². The molecule has 0 bridgehead atoms. The van der Waals surface area contributed by atoms with Gasteiger partial charge in [0, 0.05) is 45.4 Å². The average molecular weight is 309 g/mol. The first kappa shape index (κ1) is 17.0. The maximum atomic E-state index is 12.4. The highest BCUT2D eigenvalue weighted by Crippen LogP contribution is 2.21. The molecule has 0 radical (unpaired) electrons. The van der Waals surface area contributed by atoms with Crippen LogP contribution >= 0.6 is 0 Å². The second-order valence-electron chi connectivity index (χ2n) is 6.14. The van der Waals surface area contributed by atoms with Gasteiger partial charge in [0.15, 0.2) is 0 Å². The van der Waals surface area contributed by atoms with Gasteiger partial charge in [-0.05, 0) is 25.8 Å². The first-order valence-electron chi connectivity index (χ1n) is 7.73. The average Bonchev–Trinajstić information content (AvgIpc) is 2.81. The Labute approximate surface area is 124 Å². The van der Waals surface area contributed by atoms with Crippen molar-refractivity contribution in [1.29, 1.82) is 0 Å². The van der Waals surface area contributed by atoms with E-state index in [1.807, 2.05) is 0 Å². The van der Waals surface area contributed by atoms with E-state index in [-0.39, 0.29) is 6.04 Å². The summed E-state index contributed by atoms with van der Waals surface area (Å²) >= 11 is 0. The Hall–Kier alpha value is -0.370. The van der Waals surface area contributed by atoms with Crippen LogP contribution in [0.5, 0.6) is 0 Å². The molecule has 2 aliphatic heterocycles. The second-order valence-corrected chi connectivity index (χ2v) is 6.14. The first-order chi connectivity index (χ1) is 9.96. The van der Waals surface area contributed by atoms with Gasteiger partial charge in [0.2, 0.25) is 0 Å². The van der Waals surface area contributed by atoms with Crippen LogP contribution in [0.15, 0.2) is 0 Å². The molecule has 0 spiro atoms. The smallest absolute Gasteiger partial charge is 0.383 e. The molecule has 0 aliphatic carbocycles. The van der Waals surface area contributed by atoms with Gasteiger partial charge in [-0.2, -0.15) is 13.2 Å². The molecule has 2 fully saturated rings. The van der Waals surface area contributed by atoms with Crippen molar-refractivity contribution < 1.29 is 17.9 Å². The van der Waals surface area contributed by atoms with E-state index in [4.69, 9.17) is 4.74 Å². The minimum absolute atomic E-state index is 0.194. The molecule has 2 saturated heterocycles. The van der Waals surface area contributed by atoms with Crippen LogP contribution in [0, 0.1) is 0 Å². The minimum Gasteiger partial charge on any atom is -0.383 e. The number of ether oxygens (including phenoxy) is 1. The van der Waals surface area contributed by atoms with Crippen molar-refractivity contribution in [2.75, 3.05) is 53.0 Å². The molecule has 2 heterocycles. The quantitative estimate of drug-likeness (QED) is 0.801. The molecule has 7 heteroatoms. The number of halogens is 3. The lowest BCUT2D eigenvalue weighted by Gasteiger charge is -2.34. The molecule has 0 aromatic rings. The number of alkyl halides is 3. The Balaban J connectivity index is 1.70. The summed E-state index contributed by atoms with van der Waals surface area (Å²) in [6.07, 6.45) is -1.03. The SMILES string of the molecule is COCCN1CCCC(NC2CCN(CC(F)(F)F)C2)C1. The van der Waals surface area contributed by atoms with Gasteiger partial charge in [0.05, 0.1) is 13.2 Å². The second kappa shape index (κ2) is 7.76. The van der Waals surface area contributed by atoms with Crippen molar-refractivity contribution in [2.45, 2.75) is 37.5 Å². The van der Waals surface area contributed by atoms with Crippen molar-refractivity contribution in [3.05, 3.63) is 0 Å². The Morgan fingerprint density at radius 3 is 2.52 bits per heavy atom. The lowest BCUT2D eigenvalue weighted by Crippen LogP contribution is -2.50. The molecule has 2 unspecified atom stereocenters. The largest absolute Gasteiger partial charge is 0.401 e. The summed E-state index contributed by atoms with van der Waals surface area (Å²) in [6.45, 7) is 3.99. The Morgan fingerprint density at radius 2 is 1.81 bits per heavy atom. The van der Waals surface area contributed by atoms with Crippen molar-refractivity contribution in [2.24, 2.45) is 0 Å². The fraction of sp³-hybridized carbons (Fsp3) is 1.00. The molecule has 0 saturated carbocycles. The summed E-state index contributed by atoms with van der Waals surface area (Å²) in [6, 6.07) is 0.589. The predicted octanol–water partition coefficient (Wildman–Crippen LogP) is 1.32. The fourth-order valence-corrected chi connectivity index (χ4v) is 3.31. The van der Waals surface area contributed by atoms with Crippen molar-refractivity contribution in [3.63, 3.8) is 0 Å². The molecular weight excluding hydrogens is 283 g/mol. The lowest BCUT2D eigenvalue weighted by atomic mass is 10.0. The molecule has 21 heavy (non-hydrogen) atoms. The first-order valence-corrected chi connectivity index (χ1v) is 7.73. The van der Waals surface area contributed by atoms with E-state index in [2.05, 4.69) is 10.2 Å². The number of nitrogens with one attached hydrogen (secondary N) is 1. The number of hydrogen-bond acceptors (Lipinski definition) is 4. The summed E-state index contributed by atoms with van der Waals surface area (Å²) in [5, 5.41) is 3.55. The van der Waals surface area contributed by atoms with Crippen LogP contribution in [-0.2, 0) is 4.74 Å². The van der Waals surface area contributed by atoms with E-state index >= 15 is 0 Å². The molecule has 1 N–H and O–H groups in total. The molecule has 0 aromatic heterocycles. The number of rotatable bonds is 6. The van der Waals surface area contributed by atoms with Crippen LogP contribution in [0.2, 0.25) is 0 Å². The fourth-order valence-electron chi connectivity index (χ4n) is 3.31. The van der Waals surface area contributed by atoms with Gasteiger partial charge in [0.25, 0.3) is 0 Å². The van der Waals surface area contributed by atoms with Crippen LogP contribution < -0.4 is 5.32 Å². The van der Waals surface area contributed by atoms with Gasteiger partial charge in [0.1, 0.15) is 0 Å². The number of piperidine rings is 1. The number of hydrogen-bond donors (Lipinski definition) is 1. The Bertz CT molecular complexity index is 314. The molecule has 4 nitrogen and oxygen atoms in total. The lowest BCUT2D eigenvalue weighted by molar-refractivity contribution is -0.143. The molecule has 124 valence electrons. The van der Waals surface area contributed by atoms with Gasteiger partial charge >= 0.3 is 6.18 Å². The normalized spacial score (nSPS) is 29.1. The summed E-state index contributed by atoms with van der Waals surface area (Å²) in [7, 11) is 1.70. The van der Waals surface area contributed by atoms with Crippen molar-refractivity contribution >= 4 is 0 Å². The van der Waals surface area contributed by atoms with E-state index in [0.29, 0.717) is 19.1 Å². The number of methoxy groups -OCH3 is 1. The van der Waals surface area contributed by atoms with E-state index in [1.54, 1.807) is 7.11 Å². The molecule has 2 rings (SSSR count). The van der Waals surface area contributed by atoms with Crippen LogP contribution in [0.1, 0.15) is 19.3 Å². The predicted molar refractivity (Wildman–Crippen MR) is 75.4 cm³/mol. The van der Waals surface area contributed by atoms with Crippen molar-refractivity contribution in [1.82, 2.24) is 15.1 Å². The monoisotopic (exact) mass is 309 g/mol. The standard InChI is InChI=1S/C14H26F3N3O/c1-21-8-7-19-5-2-3-12(9-19)18-13-4-6-20(10-13)11-14(15,16)17/h12-13,18H,2-11H2,1H3. The van der Waals surface area contributed by atoms with Gasteiger partial charge in [-0.15, -0.1) is 0 Å². The summed E-state index contributed by atoms with van der Waals surface area (Å²) in [4.78, 5) is 3.87. The van der Waals surface area contributed by atoms with Gasteiger partial charge < -0.3 is 10.1 Å². The van der Waals surface area contributed by atoms with Crippen molar-refractivity contribution in [3.8, 4) is 0 Å². The van der Waals surface area contributed by atoms with Crippen LogP contribution in [0.25, 0.3) is 0 Å². The van der Waals surface area contributed by atoms with Crippen LogP contribution in [0.3, 0.4) is 0 Å². The van der Waals surface area contributed by atoms with Gasteiger partial charge in [-0.3, -0.25) is 9.80 Å². The van der Waals surface area contributed by atoms with E-state index in [0.717, 1.165) is 45.5 Å². The van der Waals surface area contributed by atoms with Gasteiger partial charge in [-0.25, -0.2) is 0 Å². The minimum atomic E-state index is -4.09.